The van der Waals surface area contributed by atoms with E-state index in [0.717, 1.165) is 5.56 Å². The van der Waals surface area contributed by atoms with Gasteiger partial charge in [0.1, 0.15) is 0 Å². The molecule has 0 bridgehead atoms. The van der Waals surface area contributed by atoms with Gasteiger partial charge < -0.3 is 15.3 Å². The third kappa shape index (κ3) is 5.50. The lowest BCUT2D eigenvalue weighted by Crippen LogP contribution is -2.28. The number of aliphatic hydroxyl groups is 1. The third-order valence-electron chi connectivity index (χ3n) is 2.67. The summed E-state index contributed by atoms with van der Waals surface area (Å²) in [5, 5.41) is 26.3. The molecule has 0 aliphatic carbocycles. The van der Waals surface area contributed by atoms with E-state index in [-0.39, 0.29) is 18.6 Å². The Hall–Kier alpha value is -1.92. The number of aromatic carboxylic acids is 1. The number of aliphatic carboxylic acids is 1. The second-order valence-electron chi connectivity index (χ2n) is 4.15. The maximum absolute atomic E-state index is 10.7. The highest BCUT2D eigenvalue weighted by atomic mass is 16.4. The molecule has 19 heavy (non-hydrogen) atoms. The minimum Gasteiger partial charge on any atom is -0.481 e. The van der Waals surface area contributed by atoms with Gasteiger partial charge in [-0.3, -0.25) is 9.69 Å². The minimum atomic E-state index is -0.982. The fraction of sp³-hybridized carbons (Fsp3) is 0.385. The first-order valence-electron chi connectivity index (χ1n) is 5.90. The first-order valence-corrected chi connectivity index (χ1v) is 5.90. The number of aliphatic hydroxyl groups excluding tert-OH is 1. The summed E-state index contributed by atoms with van der Waals surface area (Å²) in [5.41, 5.74) is 1.09. The summed E-state index contributed by atoms with van der Waals surface area (Å²) in [6.07, 6.45) is 0.00715. The highest BCUT2D eigenvalue weighted by Gasteiger charge is 2.09. The summed E-state index contributed by atoms with van der Waals surface area (Å²) < 4.78 is 0. The van der Waals surface area contributed by atoms with Gasteiger partial charge in [0.25, 0.3) is 0 Å². The number of hydrogen-bond donors (Lipinski definition) is 3. The van der Waals surface area contributed by atoms with Crippen LogP contribution in [0, 0.1) is 0 Å². The van der Waals surface area contributed by atoms with Crippen LogP contribution in [0.3, 0.4) is 0 Å². The zero-order valence-corrected chi connectivity index (χ0v) is 10.5. The summed E-state index contributed by atoms with van der Waals surface area (Å²) in [4.78, 5) is 23.0. The standard InChI is InChI=1S/C13H17NO5/c15-8-7-14(6-5-12(16)17)9-10-1-3-11(4-2-10)13(18)19/h1-4,15H,5-9H2,(H,16,17)(H,18,19). The van der Waals surface area contributed by atoms with Gasteiger partial charge in [-0.15, -0.1) is 0 Å². The van der Waals surface area contributed by atoms with Gasteiger partial charge in [0, 0.05) is 19.6 Å². The Morgan fingerprint density at radius 1 is 1.05 bits per heavy atom. The molecule has 0 unspecified atom stereocenters. The normalized spacial score (nSPS) is 10.6. The van der Waals surface area contributed by atoms with Gasteiger partial charge in [-0.25, -0.2) is 4.79 Å². The topological polar surface area (TPSA) is 98.1 Å². The summed E-state index contributed by atoms with van der Waals surface area (Å²) >= 11 is 0. The van der Waals surface area contributed by atoms with E-state index in [1.165, 1.54) is 12.1 Å². The van der Waals surface area contributed by atoms with Crippen LogP contribution in [0.4, 0.5) is 0 Å². The maximum Gasteiger partial charge on any atom is 0.335 e. The van der Waals surface area contributed by atoms with Crippen LogP contribution in [-0.4, -0.2) is 51.9 Å². The van der Waals surface area contributed by atoms with Crippen molar-refractivity contribution in [3.63, 3.8) is 0 Å². The molecule has 6 nitrogen and oxygen atoms in total. The van der Waals surface area contributed by atoms with E-state index < -0.39 is 11.9 Å². The van der Waals surface area contributed by atoms with Crippen LogP contribution in [-0.2, 0) is 11.3 Å². The number of rotatable bonds is 8. The van der Waals surface area contributed by atoms with E-state index in [9.17, 15) is 9.59 Å². The molecule has 3 N–H and O–H groups in total. The highest BCUT2D eigenvalue weighted by Crippen LogP contribution is 2.08. The van der Waals surface area contributed by atoms with Crippen LogP contribution in [0.25, 0.3) is 0 Å². The van der Waals surface area contributed by atoms with Crippen molar-refractivity contribution in [2.24, 2.45) is 0 Å². The molecule has 0 atom stereocenters. The average Bonchev–Trinajstić information content (AvgIpc) is 2.37. The molecule has 0 radical (unpaired) electrons. The molecule has 0 saturated carbocycles. The summed E-state index contributed by atoms with van der Waals surface area (Å²) in [7, 11) is 0. The predicted molar refractivity (Wildman–Crippen MR) is 68.0 cm³/mol. The van der Waals surface area contributed by atoms with E-state index >= 15 is 0 Å². The summed E-state index contributed by atoms with van der Waals surface area (Å²) in [6, 6.07) is 6.39. The lowest BCUT2D eigenvalue weighted by atomic mass is 10.1. The molecule has 0 amide bonds. The van der Waals surface area contributed by atoms with Crippen molar-refractivity contribution in [1.29, 1.82) is 0 Å². The SMILES string of the molecule is O=C(O)CCN(CCO)Cc1ccc(C(=O)O)cc1. The molecule has 0 aliphatic rings. The lowest BCUT2D eigenvalue weighted by Gasteiger charge is -2.20. The zero-order chi connectivity index (χ0) is 14.3. The average molecular weight is 267 g/mol. The van der Waals surface area contributed by atoms with E-state index in [0.29, 0.717) is 19.6 Å². The molecule has 1 aromatic carbocycles. The molecule has 104 valence electrons. The van der Waals surface area contributed by atoms with Crippen molar-refractivity contribution in [2.75, 3.05) is 19.7 Å². The molecule has 0 spiro atoms. The van der Waals surface area contributed by atoms with Gasteiger partial charge in [0.2, 0.25) is 0 Å². The second kappa shape index (κ2) is 7.50. The van der Waals surface area contributed by atoms with Crippen molar-refractivity contribution in [3.8, 4) is 0 Å². The molecule has 0 fully saturated rings. The number of carbonyl (C=O) groups is 2. The largest absolute Gasteiger partial charge is 0.481 e. The van der Waals surface area contributed by atoms with E-state index in [2.05, 4.69) is 0 Å². The van der Waals surface area contributed by atoms with Crippen molar-refractivity contribution in [2.45, 2.75) is 13.0 Å². The highest BCUT2D eigenvalue weighted by molar-refractivity contribution is 5.87. The second-order valence-corrected chi connectivity index (χ2v) is 4.15. The number of benzene rings is 1. The number of hydrogen-bond acceptors (Lipinski definition) is 4. The third-order valence-corrected chi connectivity index (χ3v) is 2.67. The lowest BCUT2D eigenvalue weighted by molar-refractivity contribution is -0.137. The Bertz CT molecular complexity index is 429. The Balaban J connectivity index is 2.62. The quantitative estimate of drug-likeness (QED) is 0.640. The van der Waals surface area contributed by atoms with Crippen LogP contribution < -0.4 is 0 Å². The molecule has 0 aliphatic heterocycles. The van der Waals surface area contributed by atoms with E-state index in [1.54, 1.807) is 12.1 Å². The molecular formula is C13H17NO5. The Labute approximate surface area is 110 Å². The van der Waals surface area contributed by atoms with Crippen LogP contribution in [0.1, 0.15) is 22.3 Å². The van der Waals surface area contributed by atoms with Gasteiger partial charge >= 0.3 is 11.9 Å². The van der Waals surface area contributed by atoms with Gasteiger partial charge in [0.05, 0.1) is 18.6 Å². The van der Waals surface area contributed by atoms with Crippen LogP contribution in [0.5, 0.6) is 0 Å². The number of carboxylic acids is 2. The first-order chi connectivity index (χ1) is 9.02. The predicted octanol–water partition coefficient (Wildman–Crippen LogP) is 0.654. The maximum atomic E-state index is 10.7. The molecule has 0 heterocycles. The molecule has 0 saturated heterocycles. The van der Waals surface area contributed by atoms with Crippen LogP contribution >= 0.6 is 0 Å². The molecule has 0 aromatic heterocycles. The Morgan fingerprint density at radius 3 is 2.16 bits per heavy atom. The monoisotopic (exact) mass is 267 g/mol. The van der Waals surface area contributed by atoms with Crippen LogP contribution in [0.15, 0.2) is 24.3 Å². The van der Waals surface area contributed by atoms with Crippen molar-refractivity contribution < 1.29 is 24.9 Å². The van der Waals surface area contributed by atoms with Gasteiger partial charge in [-0.05, 0) is 17.7 Å². The molecule has 1 aromatic rings. The number of carboxylic acid groups (broad SMARTS) is 2. The Morgan fingerprint density at radius 2 is 1.68 bits per heavy atom. The van der Waals surface area contributed by atoms with Crippen LogP contribution in [0.2, 0.25) is 0 Å². The minimum absolute atomic E-state index is 0.00715. The van der Waals surface area contributed by atoms with Gasteiger partial charge in [-0.2, -0.15) is 0 Å². The van der Waals surface area contributed by atoms with E-state index in [4.69, 9.17) is 15.3 Å². The smallest absolute Gasteiger partial charge is 0.335 e. The van der Waals surface area contributed by atoms with Crippen molar-refractivity contribution in [3.05, 3.63) is 35.4 Å². The van der Waals surface area contributed by atoms with Crippen molar-refractivity contribution in [1.82, 2.24) is 4.90 Å². The van der Waals surface area contributed by atoms with Crippen molar-refractivity contribution >= 4 is 11.9 Å². The molecule has 1 rings (SSSR count). The number of nitrogens with zero attached hydrogens (tertiary/aromatic N) is 1. The fourth-order valence-electron chi connectivity index (χ4n) is 1.68. The van der Waals surface area contributed by atoms with Gasteiger partial charge in [0.15, 0.2) is 0 Å². The van der Waals surface area contributed by atoms with Gasteiger partial charge in [-0.1, -0.05) is 12.1 Å². The zero-order valence-electron chi connectivity index (χ0n) is 10.5. The van der Waals surface area contributed by atoms with E-state index in [1.807, 2.05) is 4.90 Å². The Kier molecular flexibility index (Phi) is 5.98. The molecule has 6 heteroatoms. The first kappa shape index (κ1) is 15.1. The summed E-state index contributed by atoms with van der Waals surface area (Å²) in [5.74, 6) is -1.87. The molecular weight excluding hydrogens is 250 g/mol. The summed E-state index contributed by atoms with van der Waals surface area (Å²) in [6.45, 7) is 1.16. The fourth-order valence-corrected chi connectivity index (χ4v) is 1.68.